The summed E-state index contributed by atoms with van der Waals surface area (Å²) in [6, 6.07) is 13.5. The van der Waals surface area contributed by atoms with E-state index < -0.39 is 4.92 Å². The van der Waals surface area contributed by atoms with Gasteiger partial charge in [0, 0.05) is 29.6 Å². The molecule has 0 saturated carbocycles. The maximum absolute atomic E-state index is 11.7. The summed E-state index contributed by atoms with van der Waals surface area (Å²) < 4.78 is 6.98. The third-order valence-corrected chi connectivity index (χ3v) is 4.93. The minimum absolute atomic E-state index is 0.0550. The molecule has 0 aliphatic carbocycles. The number of nitrogens with zero attached hydrogens (tertiary/aromatic N) is 3. The smallest absolute Gasteiger partial charge is 0.338 e. The number of non-ortho nitro benzene ring substituents is 1. The van der Waals surface area contributed by atoms with Crippen molar-refractivity contribution in [2.24, 2.45) is 4.99 Å². The van der Waals surface area contributed by atoms with Crippen LogP contribution in [0, 0.1) is 10.1 Å². The van der Waals surface area contributed by atoms with Crippen molar-refractivity contribution >= 4 is 28.7 Å². The van der Waals surface area contributed by atoms with E-state index in [0.717, 1.165) is 16.1 Å². The summed E-state index contributed by atoms with van der Waals surface area (Å²) in [5, 5.41) is 13.0. The highest BCUT2D eigenvalue weighted by molar-refractivity contribution is 7.07. The predicted molar refractivity (Wildman–Crippen MR) is 108 cm³/mol. The van der Waals surface area contributed by atoms with Gasteiger partial charge in [0.15, 0.2) is 4.80 Å². The number of ether oxygens (including phenoxy) is 1. The summed E-state index contributed by atoms with van der Waals surface area (Å²) in [5.41, 5.74) is 2.89. The standard InChI is InChI=1S/C20H19N3O4S/c1-3-22-18(15-6-5-7-17(12-15)23(25)26)13-28-20(22)21-16-10-8-14(9-11-16)19(24)27-4-2/h5-13H,3-4H2,1-2H3. The number of hydrogen-bond acceptors (Lipinski definition) is 6. The Bertz CT molecular complexity index is 1070. The molecule has 28 heavy (non-hydrogen) atoms. The van der Waals surface area contributed by atoms with Gasteiger partial charge in [-0.05, 0) is 38.1 Å². The van der Waals surface area contributed by atoms with Crippen LogP contribution in [-0.2, 0) is 11.3 Å². The molecular weight excluding hydrogens is 378 g/mol. The summed E-state index contributed by atoms with van der Waals surface area (Å²) in [5.74, 6) is -0.359. The maximum Gasteiger partial charge on any atom is 0.338 e. The molecule has 0 fully saturated rings. The highest BCUT2D eigenvalue weighted by Crippen LogP contribution is 2.25. The molecule has 0 saturated heterocycles. The van der Waals surface area contributed by atoms with Gasteiger partial charge in [-0.1, -0.05) is 12.1 Å². The van der Waals surface area contributed by atoms with Crippen LogP contribution in [0.3, 0.4) is 0 Å². The average Bonchev–Trinajstić information content (AvgIpc) is 3.11. The lowest BCUT2D eigenvalue weighted by atomic mass is 10.1. The van der Waals surface area contributed by atoms with Crippen molar-refractivity contribution in [2.75, 3.05) is 6.61 Å². The fraction of sp³-hybridized carbons (Fsp3) is 0.200. The molecule has 0 atom stereocenters. The zero-order valence-corrected chi connectivity index (χ0v) is 16.3. The molecule has 3 rings (SSSR count). The Hall–Kier alpha value is -3.26. The van der Waals surface area contributed by atoms with Crippen LogP contribution in [0.4, 0.5) is 11.4 Å². The second-order valence-corrected chi connectivity index (χ2v) is 6.67. The number of carbonyl (C=O) groups excluding carboxylic acids is 1. The lowest BCUT2D eigenvalue weighted by molar-refractivity contribution is -0.384. The van der Waals surface area contributed by atoms with E-state index in [0.29, 0.717) is 24.4 Å². The van der Waals surface area contributed by atoms with Crippen LogP contribution in [0.5, 0.6) is 0 Å². The third kappa shape index (κ3) is 4.17. The SMILES string of the molecule is CCOC(=O)c1ccc(N=c2scc(-c3cccc([N+](=O)[O-])c3)n2CC)cc1. The van der Waals surface area contributed by atoms with Crippen molar-refractivity contribution in [3.8, 4) is 11.3 Å². The minimum Gasteiger partial charge on any atom is -0.462 e. The monoisotopic (exact) mass is 397 g/mol. The zero-order chi connectivity index (χ0) is 20.1. The Balaban J connectivity index is 1.97. The fourth-order valence-electron chi connectivity index (χ4n) is 2.73. The van der Waals surface area contributed by atoms with Gasteiger partial charge in [0.05, 0.1) is 28.5 Å². The van der Waals surface area contributed by atoms with Gasteiger partial charge in [-0.15, -0.1) is 11.3 Å². The third-order valence-electron chi connectivity index (χ3n) is 4.07. The Morgan fingerprint density at radius 2 is 1.96 bits per heavy atom. The molecule has 7 nitrogen and oxygen atoms in total. The summed E-state index contributed by atoms with van der Waals surface area (Å²) in [4.78, 5) is 27.8. The average molecular weight is 397 g/mol. The molecule has 0 N–H and O–H groups in total. The van der Waals surface area contributed by atoms with Crippen molar-refractivity contribution in [2.45, 2.75) is 20.4 Å². The number of nitro groups is 1. The topological polar surface area (TPSA) is 86.7 Å². The number of carbonyl (C=O) groups is 1. The van der Waals surface area contributed by atoms with E-state index in [1.54, 1.807) is 43.3 Å². The number of esters is 1. The molecule has 1 aromatic heterocycles. The van der Waals surface area contributed by atoms with Crippen LogP contribution in [0.25, 0.3) is 11.3 Å². The van der Waals surface area contributed by atoms with Gasteiger partial charge < -0.3 is 9.30 Å². The van der Waals surface area contributed by atoms with Gasteiger partial charge in [0.1, 0.15) is 0 Å². The van der Waals surface area contributed by atoms with Gasteiger partial charge in [-0.25, -0.2) is 9.79 Å². The van der Waals surface area contributed by atoms with Crippen LogP contribution in [0.1, 0.15) is 24.2 Å². The Morgan fingerprint density at radius 1 is 1.21 bits per heavy atom. The zero-order valence-electron chi connectivity index (χ0n) is 15.5. The molecule has 0 spiro atoms. The first-order chi connectivity index (χ1) is 13.5. The molecule has 3 aromatic rings. The van der Waals surface area contributed by atoms with Crippen molar-refractivity contribution < 1.29 is 14.5 Å². The molecule has 0 radical (unpaired) electrons. The second-order valence-electron chi connectivity index (χ2n) is 5.83. The lowest BCUT2D eigenvalue weighted by Crippen LogP contribution is -2.14. The predicted octanol–water partition coefficient (Wildman–Crippen LogP) is 4.55. The molecule has 144 valence electrons. The number of aromatic nitrogens is 1. The maximum atomic E-state index is 11.7. The van der Waals surface area contributed by atoms with Crippen LogP contribution < -0.4 is 4.80 Å². The Kier molecular flexibility index (Phi) is 6.00. The first kappa shape index (κ1) is 19.5. The van der Waals surface area contributed by atoms with E-state index in [1.165, 1.54) is 17.4 Å². The van der Waals surface area contributed by atoms with Crippen LogP contribution >= 0.6 is 11.3 Å². The van der Waals surface area contributed by atoms with Crippen LogP contribution in [-0.4, -0.2) is 22.1 Å². The molecule has 0 unspecified atom stereocenters. The van der Waals surface area contributed by atoms with Gasteiger partial charge in [-0.3, -0.25) is 10.1 Å². The summed E-state index contributed by atoms with van der Waals surface area (Å²) in [6.07, 6.45) is 0. The van der Waals surface area contributed by atoms with E-state index in [-0.39, 0.29) is 11.7 Å². The molecule has 2 aromatic carbocycles. The van der Waals surface area contributed by atoms with Gasteiger partial charge >= 0.3 is 5.97 Å². The highest BCUT2D eigenvalue weighted by Gasteiger charge is 2.11. The Morgan fingerprint density at radius 3 is 2.61 bits per heavy atom. The van der Waals surface area contributed by atoms with Crippen molar-refractivity contribution in [3.05, 3.63) is 74.4 Å². The summed E-state index contributed by atoms with van der Waals surface area (Å²) in [7, 11) is 0. The first-order valence-corrected chi connectivity index (χ1v) is 9.66. The van der Waals surface area contributed by atoms with Gasteiger partial charge in [0.2, 0.25) is 0 Å². The van der Waals surface area contributed by atoms with Crippen molar-refractivity contribution in [1.29, 1.82) is 0 Å². The molecule has 0 bridgehead atoms. The molecule has 0 aliphatic heterocycles. The van der Waals surface area contributed by atoms with Crippen molar-refractivity contribution in [3.63, 3.8) is 0 Å². The largest absolute Gasteiger partial charge is 0.462 e. The van der Waals surface area contributed by atoms with Gasteiger partial charge in [-0.2, -0.15) is 0 Å². The molecular formula is C20H19N3O4S. The van der Waals surface area contributed by atoms with E-state index in [1.807, 2.05) is 22.9 Å². The van der Waals surface area contributed by atoms with E-state index >= 15 is 0 Å². The number of hydrogen-bond donors (Lipinski definition) is 0. The fourth-order valence-corrected chi connectivity index (χ4v) is 3.72. The van der Waals surface area contributed by atoms with E-state index in [4.69, 9.17) is 4.74 Å². The quantitative estimate of drug-likeness (QED) is 0.347. The van der Waals surface area contributed by atoms with E-state index in [2.05, 4.69) is 4.99 Å². The molecule has 0 aliphatic rings. The summed E-state index contributed by atoms with van der Waals surface area (Å²) in [6.45, 7) is 4.76. The highest BCUT2D eigenvalue weighted by atomic mass is 32.1. The normalized spacial score (nSPS) is 11.4. The molecule has 1 heterocycles. The number of thiazole rings is 1. The molecule has 0 amide bonds. The van der Waals surface area contributed by atoms with Crippen LogP contribution in [0.15, 0.2) is 58.9 Å². The number of nitro benzene ring substituents is 1. The molecule has 8 heteroatoms. The van der Waals surface area contributed by atoms with Crippen molar-refractivity contribution in [1.82, 2.24) is 4.57 Å². The summed E-state index contributed by atoms with van der Waals surface area (Å²) >= 11 is 1.46. The minimum atomic E-state index is -0.400. The van der Waals surface area contributed by atoms with Crippen LogP contribution in [0.2, 0.25) is 0 Å². The second kappa shape index (κ2) is 8.62. The lowest BCUT2D eigenvalue weighted by Gasteiger charge is -2.06. The first-order valence-electron chi connectivity index (χ1n) is 8.78. The van der Waals surface area contributed by atoms with Gasteiger partial charge in [0.25, 0.3) is 5.69 Å². The number of rotatable bonds is 6. The Labute approximate surface area is 165 Å². The number of benzene rings is 2. The van der Waals surface area contributed by atoms with E-state index in [9.17, 15) is 14.9 Å².